The maximum atomic E-state index is 5.97. The zero-order valence-corrected chi connectivity index (χ0v) is 11.7. The summed E-state index contributed by atoms with van der Waals surface area (Å²) in [6.45, 7) is 4.17. The van der Waals surface area contributed by atoms with Crippen LogP contribution in [0.2, 0.25) is 0 Å². The van der Waals surface area contributed by atoms with Gasteiger partial charge in [-0.2, -0.15) is 0 Å². The molecule has 2 rings (SSSR count). The number of rotatable bonds is 4. The molecule has 1 nitrogen and oxygen atoms in total. The molecule has 0 spiro atoms. The zero-order chi connectivity index (χ0) is 13.0. The van der Waals surface area contributed by atoms with Gasteiger partial charge in [0.05, 0.1) is 0 Å². The molecule has 0 fully saturated rings. The first-order chi connectivity index (χ1) is 8.54. The van der Waals surface area contributed by atoms with Crippen molar-refractivity contribution in [3.63, 3.8) is 0 Å². The van der Waals surface area contributed by atoms with E-state index in [-0.39, 0.29) is 5.54 Å². The van der Waals surface area contributed by atoms with Crippen molar-refractivity contribution >= 4 is 6.08 Å². The van der Waals surface area contributed by atoms with Crippen molar-refractivity contribution in [2.45, 2.75) is 57.9 Å². The standard InChI is InChI=1S/C17H25N/c1-17(2,18)12-6-5-7-14-10-11-15-8-3-4-9-16(15)13-14/h5,7,10-11,13H,3-4,6,8-9,12,18H2,1-2H3/b7-5+. The Kier molecular flexibility index (Phi) is 4.23. The quantitative estimate of drug-likeness (QED) is 0.846. The monoisotopic (exact) mass is 243 g/mol. The first kappa shape index (κ1) is 13.4. The first-order valence-corrected chi connectivity index (χ1v) is 7.12. The van der Waals surface area contributed by atoms with Gasteiger partial charge in [-0.1, -0.05) is 30.4 Å². The van der Waals surface area contributed by atoms with Crippen LogP contribution in [-0.4, -0.2) is 5.54 Å². The third kappa shape index (κ3) is 3.99. The number of aryl methyl sites for hydroxylation is 2. The predicted octanol–water partition coefficient (Wildman–Crippen LogP) is 4.10. The number of hydrogen-bond acceptors (Lipinski definition) is 1. The number of hydrogen-bond donors (Lipinski definition) is 1. The van der Waals surface area contributed by atoms with Crippen LogP contribution in [0.3, 0.4) is 0 Å². The maximum absolute atomic E-state index is 5.97. The molecule has 2 N–H and O–H groups in total. The number of nitrogens with two attached hydrogens (primary N) is 1. The van der Waals surface area contributed by atoms with Crippen LogP contribution in [0.4, 0.5) is 0 Å². The molecule has 0 saturated heterocycles. The van der Waals surface area contributed by atoms with Crippen LogP contribution < -0.4 is 5.73 Å². The topological polar surface area (TPSA) is 26.0 Å². The average molecular weight is 243 g/mol. The molecule has 1 heteroatoms. The normalized spacial score (nSPS) is 15.9. The molecular weight excluding hydrogens is 218 g/mol. The van der Waals surface area contributed by atoms with Crippen LogP contribution in [-0.2, 0) is 12.8 Å². The van der Waals surface area contributed by atoms with Gasteiger partial charge >= 0.3 is 0 Å². The molecule has 98 valence electrons. The minimum atomic E-state index is -0.0554. The lowest BCUT2D eigenvalue weighted by molar-refractivity contribution is 0.482. The number of allylic oxidation sites excluding steroid dienone is 1. The summed E-state index contributed by atoms with van der Waals surface area (Å²) in [6, 6.07) is 6.91. The third-order valence-corrected chi connectivity index (χ3v) is 3.64. The molecule has 0 aromatic heterocycles. The molecule has 18 heavy (non-hydrogen) atoms. The fraction of sp³-hybridized carbons (Fsp3) is 0.529. The fourth-order valence-corrected chi connectivity index (χ4v) is 2.53. The highest BCUT2D eigenvalue weighted by molar-refractivity contribution is 5.52. The molecule has 1 aromatic carbocycles. The SMILES string of the molecule is CC(C)(N)CC/C=C/c1ccc2c(c1)CCCC2. The van der Waals surface area contributed by atoms with Crippen LogP contribution in [0.25, 0.3) is 6.08 Å². The first-order valence-electron chi connectivity index (χ1n) is 7.12. The van der Waals surface area contributed by atoms with Crippen molar-refractivity contribution in [3.05, 3.63) is 41.0 Å². The minimum Gasteiger partial charge on any atom is -0.326 e. The van der Waals surface area contributed by atoms with Crippen molar-refractivity contribution in [1.82, 2.24) is 0 Å². The van der Waals surface area contributed by atoms with Gasteiger partial charge in [-0.25, -0.2) is 0 Å². The van der Waals surface area contributed by atoms with Crippen LogP contribution in [0.1, 0.15) is 56.2 Å². The molecule has 0 aliphatic heterocycles. The highest BCUT2D eigenvalue weighted by Crippen LogP contribution is 2.22. The van der Waals surface area contributed by atoms with Gasteiger partial charge < -0.3 is 5.73 Å². The highest BCUT2D eigenvalue weighted by Gasteiger charge is 2.09. The fourth-order valence-electron chi connectivity index (χ4n) is 2.53. The van der Waals surface area contributed by atoms with E-state index in [0.29, 0.717) is 0 Å². The van der Waals surface area contributed by atoms with E-state index in [1.165, 1.54) is 31.2 Å². The van der Waals surface area contributed by atoms with Crippen LogP contribution >= 0.6 is 0 Å². The Balaban J connectivity index is 1.95. The summed E-state index contributed by atoms with van der Waals surface area (Å²) in [5, 5.41) is 0. The number of fused-ring (bicyclic) bond motifs is 1. The van der Waals surface area contributed by atoms with Gasteiger partial charge in [0.2, 0.25) is 0 Å². The predicted molar refractivity (Wildman–Crippen MR) is 79.6 cm³/mol. The van der Waals surface area contributed by atoms with E-state index in [2.05, 4.69) is 44.2 Å². The van der Waals surface area contributed by atoms with Gasteiger partial charge in [0.1, 0.15) is 0 Å². The van der Waals surface area contributed by atoms with Gasteiger partial charge in [-0.3, -0.25) is 0 Å². The van der Waals surface area contributed by atoms with Crippen LogP contribution in [0, 0.1) is 0 Å². The van der Waals surface area contributed by atoms with Gasteiger partial charge in [0.15, 0.2) is 0 Å². The molecule has 0 heterocycles. The Labute approximate surface area is 111 Å². The van der Waals surface area contributed by atoms with Gasteiger partial charge in [0.25, 0.3) is 0 Å². The van der Waals surface area contributed by atoms with Crippen molar-refractivity contribution < 1.29 is 0 Å². The van der Waals surface area contributed by atoms with Gasteiger partial charge in [-0.15, -0.1) is 0 Å². The van der Waals surface area contributed by atoms with Crippen LogP contribution in [0.15, 0.2) is 24.3 Å². The van der Waals surface area contributed by atoms with Crippen molar-refractivity contribution in [2.24, 2.45) is 5.73 Å². The van der Waals surface area contributed by atoms with Crippen molar-refractivity contribution in [1.29, 1.82) is 0 Å². The molecule has 0 amide bonds. The Hall–Kier alpha value is -1.08. The lowest BCUT2D eigenvalue weighted by atomic mass is 9.90. The second-order valence-electron chi connectivity index (χ2n) is 6.16. The van der Waals surface area contributed by atoms with Gasteiger partial charge in [0, 0.05) is 5.54 Å². The maximum Gasteiger partial charge on any atom is 0.01000 e. The molecule has 1 aromatic rings. The zero-order valence-electron chi connectivity index (χ0n) is 11.7. The van der Waals surface area contributed by atoms with Crippen molar-refractivity contribution in [2.75, 3.05) is 0 Å². The lowest BCUT2D eigenvalue weighted by Crippen LogP contribution is -2.31. The van der Waals surface area contributed by atoms with Crippen LogP contribution in [0.5, 0.6) is 0 Å². The molecule has 0 unspecified atom stereocenters. The highest BCUT2D eigenvalue weighted by atomic mass is 14.7. The Morgan fingerprint density at radius 2 is 1.89 bits per heavy atom. The summed E-state index contributed by atoms with van der Waals surface area (Å²) in [7, 11) is 0. The van der Waals surface area contributed by atoms with E-state index in [9.17, 15) is 0 Å². The van der Waals surface area contributed by atoms with Gasteiger partial charge in [-0.05, 0) is 69.1 Å². The molecule has 0 saturated carbocycles. The minimum absolute atomic E-state index is 0.0554. The average Bonchev–Trinajstić information content (AvgIpc) is 2.33. The summed E-state index contributed by atoms with van der Waals surface area (Å²) in [5.41, 5.74) is 10.4. The van der Waals surface area contributed by atoms with Crippen molar-refractivity contribution in [3.8, 4) is 0 Å². The third-order valence-electron chi connectivity index (χ3n) is 3.64. The molecule has 0 atom stereocenters. The molecule has 1 aliphatic carbocycles. The second kappa shape index (κ2) is 5.71. The van der Waals surface area contributed by atoms with E-state index in [1.54, 1.807) is 11.1 Å². The van der Waals surface area contributed by atoms with E-state index >= 15 is 0 Å². The Morgan fingerprint density at radius 3 is 2.61 bits per heavy atom. The smallest absolute Gasteiger partial charge is 0.01000 e. The Bertz CT molecular complexity index is 424. The lowest BCUT2D eigenvalue weighted by Gasteiger charge is -2.17. The summed E-state index contributed by atoms with van der Waals surface area (Å²) < 4.78 is 0. The molecule has 1 aliphatic rings. The van der Waals surface area contributed by atoms with E-state index < -0.39 is 0 Å². The summed E-state index contributed by atoms with van der Waals surface area (Å²) in [4.78, 5) is 0. The van der Waals surface area contributed by atoms with E-state index in [1.807, 2.05) is 0 Å². The second-order valence-corrected chi connectivity index (χ2v) is 6.16. The molecular formula is C17H25N. The Morgan fingerprint density at radius 1 is 1.17 bits per heavy atom. The largest absolute Gasteiger partial charge is 0.326 e. The summed E-state index contributed by atoms with van der Waals surface area (Å²) in [5.74, 6) is 0. The number of benzene rings is 1. The summed E-state index contributed by atoms with van der Waals surface area (Å²) in [6.07, 6.45) is 11.8. The van der Waals surface area contributed by atoms with E-state index in [0.717, 1.165) is 12.8 Å². The summed E-state index contributed by atoms with van der Waals surface area (Å²) >= 11 is 0. The molecule has 0 radical (unpaired) electrons. The molecule has 0 bridgehead atoms. The van der Waals surface area contributed by atoms with E-state index in [4.69, 9.17) is 5.73 Å².